The zero-order valence-corrected chi connectivity index (χ0v) is 11.5. The van der Waals surface area contributed by atoms with Gasteiger partial charge in [0, 0.05) is 6.04 Å². The van der Waals surface area contributed by atoms with Gasteiger partial charge in [0.15, 0.2) is 0 Å². The lowest BCUT2D eigenvalue weighted by atomic mass is 9.95. The summed E-state index contributed by atoms with van der Waals surface area (Å²) in [5.41, 5.74) is 0.898. The Balaban J connectivity index is 1.73. The number of fused-ring (bicyclic) bond motifs is 1. The van der Waals surface area contributed by atoms with E-state index >= 15 is 0 Å². The molecule has 4 heteroatoms. The molecule has 1 fully saturated rings. The number of carbonyl (C=O) groups excluding carboxylic acids is 1. The Bertz CT molecular complexity index is 559. The van der Waals surface area contributed by atoms with Crippen molar-refractivity contribution in [2.24, 2.45) is 0 Å². The molecule has 0 radical (unpaired) electrons. The van der Waals surface area contributed by atoms with E-state index in [2.05, 4.69) is 5.32 Å². The van der Waals surface area contributed by atoms with E-state index in [9.17, 15) is 9.00 Å². The number of hydrogen-bond donors (Lipinski definition) is 1. The first-order valence-corrected chi connectivity index (χ1v) is 7.94. The number of nitrogens with one attached hydrogen (secondary N) is 1. The molecule has 0 aromatic heterocycles. The van der Waals surface area contributed by atoms with Crippen LogP contribution in [0.2, 0.25) is 0 Å². The average Bonchev–Trinajstić information content (AvgIpc) is 2.78. The summed E-state index contributed by atoms with van der Waals surface area (Å²) in [6, 6.07) is 7.72. The van der Waals surface area contributed by atoms with Gasteiger partial charge in [0.2, 0.25) is 0 Å². The van der Waals surface area contributed by atoms with Gasteiger partial charge in [-0.1, -0.05) is 37.5 Å². The highest BCUT2D eigenvalue weighted by Gasteiger charge is 2.27. The Morgan fingerprint density at radius 1 is 1.16 bits per heavy atom. The van der Waals surface area contributed by atoms with Crippen molar-refractivity contribution in [2.75, 3.05) is 0 Å². The van der Waals surface area contributed by atoms with Gasteiger partial charge in [-0.05, 0) is 30.5 Å². The molecule has 3 nitrogen and oxygen atoms in total. The van der Waals surface area contributed by atoms with Gasteiger partial charge < -0.3 is 5.32 Å². The van der Waals surface area contributed by atoms with Crippen molar-refractivity contribution in [1.82, 2.24) is 5.32 Å². The van der Waals surface area contributed by atoms with Gasteiger partial charge in [-0.25, -0.2) is 4.21 Å². The molecular formula is C15H17NO2S. The summed E-state index contributed by atoms with van der Waals surface area (Å²) in [4.78, 5) is 13.4. The summed E-state index contributed by atoms with van der Waals surface area (Å²) < 4.78 is 12.3. The second kappa shape index (κ2) is 5.29. The summed E-state index contributed by atoms with van der Waals surface area (Å²) >= 11 is 0. The van der Waals surface area contributed by atoms with E-state index in [4.69, 9.17) is 0 Å². The Morgan fingerprint density at radius 2 is 1.89 bits per heavy atom. The Kier molecular flexibility index (Phi) is 3.51. The second-order valence-corrected chi connectivity index (χ2v) is 6.54. The van der Waals surface area contributed by atoms with Crippen molar-refractivity contribution in [1.29, 1.82) is 0 Å². The van der Waals surface area contributed by atoms with Crippen LogP contribution < -0.4 is 5.32 Å². The average molecular weight is 275 g/mol. The lowest BCUT2D eigenvalue weighted by molar-refractivity contribution is -0.117. The summed E-state index contributed by atoms with van der Waals surface area (Å²) in [6.07, 6.45) is 7.44. The fourth-order valence-corrected chi connectivity index (χ4v) is 3.98. The molecule has 0 saturated heterocycles. The minimum absolute atomic E-state index is 0.165. The normalized spacial score (nSPS) is 22.7. The first-order chi connectivity index (χ1) is 9.25. The fourth-order valence-electron chi connectivity index (χ4n) is 2.74. The monoisotopic (exact) mass is 275 g/mol. The first-order valence-electron chi connectivity index (χ1n) is 6.79. The van der Waals surface area contributed by atoms with E-state index in [0.717, 1.165) is 23.3 Å². The van der Waals surface area contributed by atoms with E-state index in [1.807, 2.05) is 24.3 Å². The summed E-state index contributed by atoms with van der Waals surface area (Å²) in [5.74, 6) is -0.165. The third kappa shape index (κ3) is 2.50. The Labute approximate surface area is 115 Å². The maximum absolute atomic E-state index is 12.3. The smallest absolute Gasteiger partial charge is 0.260 e. The second-order valence-electron chi connectivity index (χ2n) is 5.12. The molecule has 1 amide bonds. The van der Waals surface area contributed by atoms with Crippen LogP contribution in [-0.4, -0.2) is 16.2 Å². The van der Waals surface area contributed by atoms with Gasteiger partial charge >= 0.3 is 0 Å². The molecule has 3 rings (SSSR count). The van der Waals surface area contributed by atoms with Crippen LogP contribution in [0.4, 0.5) is 0 Å². The summed E-state index contributed by atoms with van der Waals surface area (Å²) in [7, 11) is -1.32. The SMILES string of the molecule is O=C(NC1CCCCC1)C1=Cc2ccccc2S1=O. The highest BCUT2D eigenvalue weighted by molar-refractivity contribution is 7.90. The number of carbonyl (C=O) groups is 1. The van der Waals surface area contributed by atoms with E-state index in [1.165, 1.54) is 19.3 Å². The summed E-state index contributed by atoms with van der Waals surface area (Å²) in [5, 5.41) is 3.03. The third-order valence-electron chi connectivity index (χ3n) is 3.77. The Morgan fingerprint density at radius 3 is 2.63 bits per heavy atom. The maximum Gasteiger partial charge on any atom is 0.260 e. The molecule has 1 saturated carbocycles. The lowest BCUT2D eigenvalue weighted by Gasteiger charge is -2.22. The zero-order chi connectivity index (χ0) is 13.2. The molecule has 19 heavy (non-hydrogen) atoms. The van der Waals surface area contributed by atoms with Gasteiger partial charge in [0.25, 0.3) is 5.91 Å². The van der Waals surface area contributed by atoms with Crippen LogP contribution in [0.1, 0.15) is 37.7 Å². The Hall–Kier alpha value is -1.42. The van der Waals surface area contributed by atoms with Gasteiger partial charge in [-0.15, -0.1) is 0 Å². The molecule has 1 unspecified atom stereocenters. The van der Waals surface area contributed by atoms with E-state index in [0.29, 0.717) is 4.91 Å². The van der Waals surface area contributed by atoms with Crippen molar-refractivity contribution in [3.8, 4) is 0 Å². The molecule has 100 valence electrons. The zero-order valence-electron chi connectivity index (χ0n) is 10.7. The number of benzene rings is 1. The quantitative estimate of drug-likeness (QED) is 0.901. The van der Waals surface area contributed by atoms with Gasteiger partial charge in [0.05, 0.1) is 15.7 Å². The summed E-state index contributed by atoms with van der Waals surface area (Å²) in [6.45, 7) is 0. The maximum atomic E-state index is 12.3. The molecule has 1 aliphatic carbocycles. The molecule has 2 aliphatic rings. The van der Waals surface area contributed by atoms with Crippen LogP contribution in [0.25, 0.3) is 6.08 Å². The van der Waals surface area contributed by atoms with Gasteiger partial charge in [-0.3, -0.25) is 4.79 Å². The first kappa shape index (κ1) is 12.6. The van der Waals surface area contributed by atoms with E-state index in [-0.39, 0.29) is 11.9 Å². The number of hydrogen-bond acceptors (Lipinski definition) is 2. The molecule has 1 atom stereocenters. The predicted octanol–water partition coefficient (Wildman–Crippen LogP) is 2.60. The highest BCUT2D eigenvalue weighted by atomic mass is 32.2. The molecule has 1 aromatic rings. The van der Waals surface area contributed by atoms with Crippen LogP contribution in [0.15, 0.2) is 34.1 Å². The fraction of sp³-hybridized carbons (Fsp3) is 0.400. The molecule has 1 N–H and O–H groups in total. The topological polar surface area (TPSA) is 46.2 Å². The molecule has 0 bridgehead atoms. The van der Waals surface area contributed by atoms with Crippen LogP contribution in [0.5, 0.6) is 0 Å². The molecule has 1 aromatic carbocycles. The van der Waals surface area contributed by atoms with Gasteiger partial charge in [-0.2, -0.15) is 0 Å². The molecule has 0 spiro atoms. The largest absolute Gasteiger partial charge is 0.349 e. The standard InChI is InChI=1S/C15H17NO2S/c17-15(16-12-7-2-1-3-8-12)14-10-11-6-4-5-9-13(11)19(14)18/h4-6,9-10,12H,1-3,7-8H2,(H,16,17). The van der Waals surface area contributed by atoms with Gasteiger partial charge in [0.1, 0.15) is 4.91 Å². The van der Waals surface area contributed by atoms with Crippen LogP contribution >= 0.6 is 0 Å². The van der Waals surface area contributed by atoms with Crippen LogP contribution in [0, 0.1) is 0 Å². The molecular weight excluding hydrogens is 258 g/mol. The minimum atomic E-state index is -1.32. The van der Waals surface area contributed by atoms with Crippen molar-refractivity contribution in [2.45, 2.75) is 43.0 Å². The van der Waals surface area contributed by atoms with Crippen LogP contribution in [-0.2, 0) is 15.6 Å². The number of amides is 1. The van der Waals surface area contributed by atoms with Crippen LogP contribution in [0.3, 0.4) is 0 Å². The van der Waals surface area contributed by atoms with Crippen molar-refractivity contribution in [3.05, 3.63) is 34.7 Å². The number of rotatable bonds is 2. The molecule has 1 aliphatic heterocycles. The predicted molar refractivity (Wildman–Crippen MR) is 75.8 cm³/mol. The van der Waals surface area contributed by atoms with E-state index in [1.54, 1.807) is 6.08 Å². The third-order valence-corrected chi connectivity index (χ3v) is 5.24. The van der Waals surface area contributed by atoms with Crippen molar-refractivity contribution < 1.29 is 9.00 Å². The van der Waals surface area contributed by atoms with Crippen molar-refractivity contribution in [3.63, 3.8) is 0 Å². The van der Waals surface area contributed by atoms with E-state index < -0.39 is 10.8 Å². The lowest BCUT2D eigenvalue weighted by Crippen LogP contribution is -2.37. The molecule has 1 heterocycles. The minimum Gasteiger partial charge on any atom is -0.349 e. The highest BCUT2D eigenvalue weighted by Crippen LogP contribution is 2.29. The van der Waals surface area contributed by atoms with Crippen molar-refractivity contribution >= 4 is 22.8 Å².